The van der Waals surface area contributed by atoms with E-state index >= 15 is 0 Å². The third-order valence-electron chi connectivity index (χ3n) is 4.68. The molecule has 4 aliphatic rings. The molecule has 4 bridgehead atoms. The average Bonchev–Trinajstić information content (AvgIpc) is 1.96. The predicted molar refractivity (Wildman–Crippen MR) is 60.0 cm³/mol. The average molecular weight is 190 g/mol. The molecule has 0 aromatic heterocycles. The van der Waals surface area contributed by atoms with E-state index in [4.69, 9.17) is 0 Å². The van der Waals surface area contributed by atoms with Crippen LogP contribution >= 0.6 is 0 Å². The van der Waals surface area contributed by atoms with E-state index in [9.17, 15) is 0 Å². The molecule has 0 saturated heterocycles. The van der Waals surface area contributed by atoms with Gasteiger partial charge in [-0.25, -0.2) is 0 Å². The zero-order valence-corrected chi connectivity index (χ0v) is 9.55. The van der Waals surface area contributed by atoms with Gasteiger partial charge in [-0.3, -0.25) is 0 Å². The second-order valence-corrected chi connectivity index (χ2v) is 6.50. The summed E-state index contributed by atoms with van der Waals surface area (Å²) in [6.07, 6.45) is 11.9. The highest BCUT2D eigenvalue weighted by atomic mass is 14.5. The SMILES string of the molecule is CC(C)=CC12CC3CC(CC(C3)C1)C2. The van der Waals surface area contributed by atoms with Crippen LogP contribution in [0.1, 0.15) is 52.4 Å². The first-order chi connectivity index (χ1) is 6.65. The van der Waals surface area contributed by atoms with Gasteiger partial charge in [0.05, 0.1) is 0 Å². The quantitative estimate of drug-likeness (QED) is 0.544. The lowest BCUT2D eigenvalue weighted by Crippen LogP contribution is -2.45. The van der Waals surface area contributed by atoms with Crippen LogP contribution in [0.3, 0.4) is 0 Å². The van der Waals surface area contributed by atoms with E-state index in [0.29, 0.717) is 5.41 Å². The Bertz CT molecular complexity index is 232. The second-order valence-electron chi connectivity index (χ2n) is 6.50. The summed E-state index contributed by atoms with van der Waals surface area (Å²) in [6, 6.07) is 0. The van der Waals surface area contributed by atoms with Crippen molar-refractivity contribution < 1.29 is 0 Å². The molecule has 0 aliphatic heterocycles. The molecule has 0 heterocycles. The van der Waals surface area contributed by atoms with Crippen LogP contribution < -0.4 is 0 Å². The molecule has 14 heavy (non-hydrogen) atoms. The van der Waals surface area contributed by atoms with Gasteiger partial charge in [0.1, 0.15) is 0 Å². The van der Waals surface area contributed by atoms with Crippen LogP contribution in [0.5, 0.6) is 0 Å². The molecule has 78 valence electrons. The number of allylic oxidation sites excluding steroid dienone is 2. The molecule has 0 heteroatoms. The Hall–Kier alpha value is -0.260. The molecule has 0 aromatic carbocycles. The van der Waals surface area contributed by atoms with Gasteiger partial charge in [-0.1, -0.05) is 11.6 Å². The van der Waals surface area contributed by atoms with Crippen LogP contribution in [0.15, 0.2) is 11.6 Å². The van der Waals surface area contributed by atoms with E-state index < -0.39 is 0 Å². The van der Waals surface area contributed by atoms with Crippen molar-refractivity contribution in [2.24, 2.45) is 23.2 Å². The van der Waals surface area contributed by atoms with Crippen LogP contribution in [0.2, 0.25) is 0 Å². The molecule has 0 N–H and O–H groups in total. The molecule has 0 nitrogen and oxygen atoms in total. The van der Waals surface area contributed by atoms with Gasteiger partial charge in [0.15, 0.2) is 0 Å². The maximum absolute atomic E-state index is 2.62. The fraction of sp³-hybridized carbons (Fsp3) is 0.857. The van der Waals surface area contributed by atoms with E-state index in [2.05, 4.69) is 19.9 Å². The van der Waals surface area contributed by atoms with Crippen LogP contribution in [0.4, 0.5) is 0 Å². The molecule has 4 saturated carbocycles. The Balaban J connectivity index is 1.91. The largest absolute Gasteiger partial charge is 0.0799 e. The van der Waals surface area contributed by atoms with Gasteiger partial charge in [-0.2, -0.15) is 0 Å². The van der Waals surface area contributed by atoms with E-state index in [1.807, 2.05) is 0 Å². The van der Waals surface area contributed by atoms with Crippen molar-refractivity contribution in [1.82, 2.24) is 0 Å². The van der Waals surface area contributed by atoms with E-state index in [-0.39, 0.29) is 0 Å². The Morgan fingerprint density at radius 2 is 1.36 bits per heavy atom. The molecule has 0 aromatic rings. The fourth-order valence-corrected chi connectivity index (χ4v) is 4.97. The summed E-state index contributed by atoms with van der Waals surface area (Å²) in [5, 5.41) is 0. The highest BCUT2D eigenvalue weighted by Crippen LogP contribution is 2.60. The van der Waals surface area contributed by atoms with Gasteiger partial charge in [0, 0.05) is 0 Å². The standard InChI is InChI=1S/C14H22/c1-10(2)6-14-7-11-3-12(8-14)5-13(4-11)9-14/h6,11-13H,3-5,7-9H2,1-2H3. The van der Waals surface area contributed by atoms with Gasteiger partial charge in [0.25, 0.3) is 0 Å². The minimum atomic E-state index is 0.660. The van der Waals surface area contributed by atoms with Gasteiger partial charge < -0.3 is 0 Å². The Morgan fingerprint density at radius 1 is 0.929 bits per heavy atom. The van der Waals surface area contributed by atoms with E-state index in [1.165, 1.54) is 19.3 Å². The molecule has 4 fully saturated rings. The van der Waals surface area contributed by atoms with Crippen molar-refractivity contribution in [3.05, 3.63) is 11.6 Å². The first kappa shape index (κ1) is 9.00. The van der Waals surface area contributed by atoms with Crippen LogP contribution in [-0.4, -0.2) is 0 Å². The van der Waals surface area contributed by atoms with Crippen molar-refractivity contribution in [1.29, 1.82) is 0 Å². The summed E-state index contributed by atoms with van der Waals surface area (Å²) < 4.78 is 0. The summed E-state index contributed by atoms with van der Waals surface area (Å²) in [5.74, 6) is 3.28. The van der Waals surface area contributed by atoms with Gasteiger partial charge in [-0.05, 0) is 75.5 Å². The Kier molecular flexibility index (Phi) is 1.84. The molecular formula is C14H22. The lowest BCUT2D eigenvalue weighted by Gasteiger charge is -2.56. The lowest BCUT2D eigenvalue weighted by atomic mass is 9.49. The number of rotatable bonds is 1. The molecule has 4 aliphatic carbocycles. The van der Waals surface area contributed by atoms with Crippen molar-refractivity contribution in [3.63, 3.8) is 0 Å². The molecule has 0 amide bonds. The fourth-order valence-electron chi connectivity index (χ4n) is 4.97. The summed E-state index contributed by atoms with van der Waals surface area (Å²) in [4.78, 5) is 0. The van der Waals surface area contributed by atoms with Crippen molar-refractivity contribution in [3.8, 4) is 0 Å². The van der Waals surface area contributed by atoms with Crippen molar-refractivity contribution >= 4 is 0 Å². The van der Waals surface area contributed by atoms with Gasteiger partial charge in [0.2, 0.25) is 0 Å². The second kappa shape index (κ2) is 2.87. The van der Waals surface area contributed by atoms with Crippen LogP contribution in [-0.2, 0) is 0 Å². The Labute approximate surface area is 87.8 Å². The molecular weight excluding hydrogens is 168 g/mol. The maximum Gasteiger partial charge on any atom is -0.0108 e. The first-order valence-corrected chi connectivity index (χ1v) is 6.31. The van der Waals surface area contributed by atoms with E-state index in [1.54, 1.807) is 24.8 Å². The summed E-state index contributed by atoms with van der Waals surface area (Å²) in [7, 11) is 0. The minimum absolute atomic E-state index is 0.660. The van der Waals surface area contributed by atoms with Gasteiger partial charge in [-0.15, -0.1) is 0 Å². The summed E-state index contributed by atoms with van der Waals surface area (Å²) >= 11 is 0. The number of hydrogen-bond acceptors (Lipinski definition) is 0. The third-order valence-corrected chi connectivity index (χ3v) is 4.68. The zero-order chi connectivity index (χ0) is 9.76. The van der Waals surface area contributed by atoms with E-state index in [0.717, 1.165) is 17.8 Å². The van der Waals surface area contributed by atoms with Gasteiger partial charge >= 0.3 is 0 Å². The lowest BCUT2D eigenvalue weighted by molar-refractivity contribution is -0.0241. The monoisotopic (exact) mass is 190 g/mol. The molecule has 0 radical (unpaired) electrons. The predicted octanol–water partition coefficient (Wildman–Crippen LogP) is 4.17. The minimum Gasteiger partial charge on any atom is -0.0799 e. The smallest absolute Gasteiger partial charge is 0.0108 e. The summed E-state index contributed by atoms with van der Waals surface area (Å²) in [5.41, 5.74) is 2.21. The molecule has 0 unspecified atom stereocenters. The summed E-state index contributed by atoms with van der Waals surface area (Å²) in [6.45, 7) is 4.55. The zero-order valence-electron chi connectivity index (χ0n) is 9.55. The number of hydrogen-bond donors (Lipinski definition) is 0. The third kappa shape index (κ3) is 1.34. The molecule has 4 rings (SSSR count). The highest BCUT2D eigenvalue weighted by molar-refractivity contribution is 5.13. The van der Waals surface area contributed by atoms with Crippen LogP contribution in [0.25, 0.3) is 0 Å². The van der Waals surface area contributed by atoms with Crippen molar-refractivity contribution in [2.45, 2.75) is 52.4 Å². The van der Waals surface area contributed by atoms with Crippen molar-refractivity contribution in [2.75, 3.05) is 0 Å². The van der Waals surface area contributed by atoms with Crippen LogP contribution in [0, 0.1) is 23.2 Å². The normalized spacial score (nSPS) is 49.4. The maximum atomic E-state index is 2.62. The highest BCUT2D eigenvalue weighted by Gasteiger charge is 2.49. The molecule has 0 spiro atoms. The first-order valence-electron chi connectivity index (χ1n) is 6.31. The Morgan fingerprint density at radius 3 is 1.71 bits per heavy atom. The molecule has 0 atom stereocenters. The topological polar surface area (TPSA) is 0 Å².